The summed E-state index contributed by atoms with van der Waals surface area (Å²) in [5, 5.41) is 8.50. The Hall–Kier alpha value is -0.790. The zero-order valence-corrected chi connectivity index (χ0v) is 12.7. The summed E-state index contributed by atoms with van der Waals surface area (Å²) in [6, 6.07) is 0. The minimum atomic E-state index is -0.663. The molecular weight excluding hydrogens is 236 g/mol. The maximum Gasteiger partial charge on any atom is 0.303 e. The molecule has 2 nitrogen and oxygen atoms in total. The molecule has 0 unspecified atom stereocenters. The van der Waals surface area contributed by atoms with Gasteiger partial charge in [0.25, 0.3) is 0 Å². The van der Waals surface area contributed by atoms with E-state index in [2.05, 4.69) is 19.1 Å². The number of hydrogen-bond donors (Lipinski definition) is 1. The number of aliphatic carboxylic acids is 1. The molecule has 0 saturated carbocycles. The normalized spacial score (nSPS) is 11.2. The third kappa shape index (κ3) is 17.2. The van der Waals surface area contributed by atoms with Crippen molar-refractivity contribution in [2.45, 2.75) is 90.4 Å². The highest BCUT2D eigenvalue weighted by molar-refractivity contribution is 5.66. The second kappa shape index (κ2) is 15.3. The third-order valence-corrected chi connectivity index (χ3v) is 3.40. The van der Waals surface area contributed by atoms with Gasteiger partial charge in [-0.3, -0.25) is 4.79 Å². The molecule has 0 amide bonds. The van der Waals surface area contributed by atoms with Crippen molar-refractivity contribution in [3.8, 4) is 0 Å². The van der Waals surface area contributed by atoms with E-state index in [1.54, 1.807) is 0 Å². The predicted molar refractivity (Wildman–Crippen MR) is 82.5 cm³/mol. The second-order valence-electron chi connectivity index (χ2n) is 5.37. The van der Waals surface area contributed by atoms with Gasteiger partial charge in [-0.1, -0.05) is 64.0 Å². The molecule has 19 heavy (non-hydrogen) atoms. The van der Waals surface area contributed by atoms with Crippen LogP contribution >= 0.6 is 0 Å². The molecule has 0 aliphatic carbocycles. The van der Waals surface area contributed by atoms with E-state index in [1.807, 2.05) is 0 Å². The molecule has 0 aromatic heterocycles. The van der Waals surface area contributed by atoms with E-state index in [4.69, 9.17) is 5.11 Å². The van der Waals surface area contributed by atoms with Crippen LogP contribution in [0.3, 0.4) is 0 Å². The Morgan fingerprint density at radius 3 is 1.79 bits per heavy atom. The molecule has 0 aliphatic heterocycles. The Balaban J connectivity index is 3.05. The average molecular weight is 268 g/mol. The fraction of sp³-hybridized carbons (Fsp3) is 0.824. The van der Waals surface area contributed by atoms with Gasteiger partial charge in [0.05, 0.1) is 0 Å². The molecule has 0 spiro atoms. The van der Waals surface area contributed by atoms with Gasteiger partial charge in [0.1, 0.15) is 0 Å². The minimum Gasteiger partial charge on any atom is -0.481 e. The van der Waals surface area contributed by atoms with Crippen LogP contribution in [-0.4, -0.2) is 11.1 Å². The summed E-state index contributed by atoms with van der Waals surface area (Å²) < 4.78 is 0. The Labute approximate surface area is 119 Å². The fourth-order valence-corrected chi connectivity index (χ4v) is 2.17. The molecule has 0 saturated heterocycles. The molecule has 0 aromatic carbocycles. The zero-order valence-electron chi connectivity index (χ0n) is 12.7. The largest absolute Gasteiger partial charge is 0.481 e. The van der Waals surface area contributed by atoms with Crippen molar-refractivity contribution in [3.63, 3.8) is 0 Å². The summed E-state index contributed by atoms with van der Waals surface area (Å²) in [5.74, 6) is -0.663. The first kappa shape index (κ1) is 18.2. The lowest BCUT2D eigenvalue weighted by Gasteiger charge is -1.99. The van der Waals surface area contributed by atoms with Crippen LogP contribution in [0, 0.1) is 0 Å². The quantitative estimate of drug-likeness (QED) is 0.323. The maximum absolute atomic E-state index is 10.3. The van der Waals surface area contributed by atoms with Gasteiger partial charge < -0.3 is 5.11 Å². The van der Waals surface area contributed by atoms with E-state index in [0.717, 1.165) is 12.8 Å². The van der Waals surface area contributed by atoms with E-state index in [-0.39, 0.29) is 0 Å². The van der Waals surface area contributed by atoms with Crippen LogP contribution in [0.25, 0.3) is 0 Å². The van der Waals surface area contributed by atoms with E-state index >= 15 is 0 Å². The first-order valence-electron chi connectivity index (χ1n) is 8.14. The van der Waals surface area contributed by atoms with Crippen LogP contribution in [0.5, 0.6) is 0 Å². The molecule has 0 aromatic rings. The van der Waals surface area contributed by atoms with E-state index in [1.165, 1.54) is 64.2 Å². The molecule has 112 valence electrons. The molecule has 0 atom stereocenters. The lowest BCUT2D eigenvalue weighted by atomic mass is 10.1. The number of hydrogen-bond acceptors (Lipinski definition) is 1. The molecule has 2 heteroatoms. The second-order valence-corrected chi connectivity index (χ2v) is 5.37. The van der Waals surface area contributed by atoms with Crippen LogP contribution < -0.4 is 0 Å². The summed E-state index contributed by atoms with van der Waals surface area (Å²) >= 11 is 0. The van der Waals surface area contributed by atoms with Crippen LogP contribution in [0.4, 0.5) is 0 Å². The number of carboxylic acids is 1. The number of carboxylic acid groups (broad SMARTS) is 1. The summed E-state index contributed by atoms with van der Waals surface area (Å²) in [4.78, 5) is 10.3. The SMILES string of the molecule is CCCCCC/C=C\CCCCCCCCC(=O)O. The molecule has 0 rings (SSSR count). The fourth-order valence-electron chi connectivity index (χ4n) is 2.17. The Kier molecular flexibility index (Phi) is 14.6. The molecule has 0 heterocycles. The first-order valence-corrected chi connectivity index (χ1v) is 8.14. The zero-order chi connectivity index (χ0) is 14.2. The van der Waals surface area contributed by atoms with Gasteiger partial charge in [-0.2, -0.15) is 0 Å². The van der Waals surface area contributed by atoms with E-state index in [9.17, 15) is 4.79 Å². The number of unbranched alkanes of at least 4 members (excludes halogenated alkanes) is 10. The predicted octanol–water partition coefficient (Wildman–Crippen LogP) is 5.72. The Bertz CT molecular complexity index is 221. The lowest BCUT2D eigenvalue weighted by molar-refractivity contribution is -0.137. The van der Waals surface area contributed by atoms with Crippen molar-refractivity contribution in [1.29, 1.82) is 0 Å². The summed E-state index contributed by atoms with van der Waals surface area (Å²) in [7, 11) is 0. The first-order chi connectivity index (χ1) is 9.27. The van der Waals surface area contributed by atoms with Gasteiger partial charge in [0, 0.05) is 6.42 Å². The Morgan fingerprint density at radius 1 is 0.789 bits per heavy atom. The van der Waals surface area contributed by atoms with Gasteiger partial charge in [-0.05, 0) is 32.1 Å². The smallest absolute Gasteiger partial charge is 0.303 e. The van der Waals surface area contributed by atoms with Crippen LogP contribution in [0.1, 0.15) is 90.4 Å². The lowest BCUT2D eigenvalue weighted by Crippen LogP contribution is -1.93. The van der Waals surface area contributed by atoms with Gasteiger partial charge in [-0.15, -0.1) is 0 Å². The monoisotopic (exact) mass is 268 g/mol. The highest BCUT2D eigenvalue weighted by Gasteiger charge is 1.96. The van der Waals surface area contributed by atoms with Crippen molar-refractivity contribution in [1.82, 2.24) is 0 Å². The van der Waals surface area contributed by atoms with Gasteiger partial charge in [-0.25, -0.2) is 0 Å². The molecule has 0 bridgehead atoms. The number of rotatable bonds is 14. The van der Waals surface area contributed by atoms with Gasteiger partial charge in [0.2, 0.25) is 0 Å². The standard InChI is InChI=1S/C17H32O2/c1-2-3-4-5-6-7-8-9-10-11-12-13-14-15-16-17(18)19/h7-8H,2-6,9-16H2,1H3,(H,18,19)/b8-7-. The highest BCUT2D eigenvalue weighted by atomic mass is 16.4. The summed E-state index contributed by atoms with van der Waals surface area (Å²) in [6.45, 7) is 2.25. The summed E-state index contributed by atoms with van der Waals surface area (Å²) in [6.07, 6.45) is 19.8. The van der Waals surface area contributed by atoms with E-state index in [0.29, 0.717) is 6.42 Å². The number of allylic oxidation sites excluding steroid dienone is 2. The molecule has 1 N–H and O–H groups in total. The molecule has 0 fully saturated rings. The Morgan fingerprint density at radius 2 is 1.26 bits per heavy atom. The number of carbonyl (C=O) groups is 1. The average Bonchev–Trinajstić information content (AvgIpc) is 2.39. The highest BCUT2D eigenvalue weighted by Crippen LogP contribution is 2.09. The van der Waals surface area contributed by atoms with E-state index < -0.39 is 5.97 Å². The molecule has 0 radical (unpaired) electrons. The van der Waals surface area contributed by atoms with Crippen molar-refractivity contribution in [2.75, 3.05) is 0 Å². The van der Waals surface area contributed by atoms with Crippen molar-refractivity contribution >= 4 is 5.97 Å². The summed E-state index contributed by atoms with van der Waals surface area (Å²) in [5.41, 5.74) is 0. The third-order valence-electron chi connectivity index (χ3n) is 3.40. The maximum atomic E-state index is 10.3. The van der Waals surface area contributed by atoms with Crippen LogP contribution in [-0.2, 0) is 4.79 Å². The van der Waals surface area contributed by atoms with Crippen molar-refractivity contribution in [2.24, 2.45) is 0 Å². The van der Waals surface area contributed by atoms with Crippen LogP contribution in [0.15, 0.2) is 12.2 Å². The van der Waals surface area contributed by atoms with Gasteiger partial charge >= 0.3 is 5.97 Å². The van der Waals surface area contributed by atoms with Gasteiger partial charge in [0.15, 0.2) is 0 Å². The molecule has 0 aliphatic rings. The topological polar surface area (TPSA) is 37.3 Å². The minimum absolute atomic E-state index is 0.334. The molecular formula is C17H32O2. The van der Waals surface area contributed by atoms with Crippen molar-refractivity contribution in [3.05, 3.63) is 12.2 Å². The van der Waals surface area contributed by atoms with Crippen LogP contribution in [0.2, 0.25) is 0 Å². The van der Waals surface area contributed by atoms with Crippen molar-refractivity contribution < 1.29 is 9.90 Å².